The number of nitrogens with zero attached hydrogens (tertiary/aromatic N) is 4. The average Bonchev–Trinajstić information content (AvgIpc) is 2.92. The molecule has 5 nitrogen and oxygen atoms in total. The quantitative estimate of drug-likeness (QED) is 0.811. The van der Waals surface area contributed by atoms with E-state index >= 15 is 0 Å². The SMILES string of the molecule is Cc1cc(N2CCN(CC3CCOC3)CC2)ncn1. The van der Waals surface area contributed by atoms with Gasteiger partial charge in [0.15, 0.2) is 0 Å². The van der Waals surface area contributed by atoms with Crippen LogP contribution in [0.1, 0.15) is 12.1 Å². The maximum atomic E-state index is 5.45. The van der Waals surface area contributed by atoms with E-state index in [1.165, 1.54) is 13.0 Å². The molecule has 0 amide bonds. The molecule has 2 aliphatic rings. The molecule has 1 atom stereocenters. The molecular weight excluding hydrogens is 240 g/mol. The van der Waals surface area contributed by atoms with Crippen LogP contribution in [-0.2, 0) is 4.74 Å². The molecule has 0 saturated carbocycles. The zero-order chi connectivity index (χ0) is 13.1. The first kappa shape index (κ1) is 12.8. The minimum Gasteiger partial charge on any atom is -0.381 e. The highest BCUT2D eigenvalue weighted by Gasteiger charge is 2.23. The average molecular weight is 262 g/mol. The molecule has 1 unspecified atom stereocenters. The van der Waals surface area contributed by atoms with Crippen molar-refractivity contribution < 1.29 is 4.74 Å². The van der Waals surface area contributed by atoms with Gasteiger partial charge in [-0.3, -0.25) is 4.90 Å². The number of piperazine rings is 1. The van der Waals surface area contributed by atoms with Gasteiger partial charge in [-0.15, -0.1) is 0 Å². The molecule has 1 aromatic rings. The van der Waals surface area contributed by atoms with E-state index in [-0.39, 0.29) is 0 Å². The maximum Gasteiger partial charge on any atom is 0.132 e. The van der Waals surface area contributed by atoms with Gasteiger partial charge in [0.25, 0.3) is 0 Å². The summed E-state index contributed by atoms with van der Waals surface area (Å²) in [4.78, 5) is 13.4. The summed E-state index contributed by atoms with van der Waals surface area (Å²) in [7, 11) is 0. The zero-order valence-electron chi connectivity index (χ0n) is 11.6. The number of hydrogen-bond donors (Lipinski definition) is 0. The molecule has 2 aliphatic heterocycles. The molecule has 0 spiro atoms. The minimum absolute atomic E-state index is 0.743. The van der Waals surface area contributed by atoms with E-state index in [9.17, 15) is 0 Å². The van der Waals surface area contributed by atoms with Crippen molar-refractivity contribution in [3.8, 4) is 0 Å². The number of anilines is 1. The van der Waals surface area contributed by atoms with Gasteiger partial charge >= 0.3 is 0 Å². The van der Waals surface area contributed by atoms with Crippen molar-refractivity contribution in [2.24, 2.45) is 5.92 Å². The molecule has 2 saturated heterocycles. The van der Waals surface area contributed by atoms with Gasteiger partial charge in [0.05, 0.1) is 6.61 Å². The number of aryl methyl sites for hydroxylation is 1. The lowest BCUT2D eigenvalue weighted by Gasteiger charge is -2.36. The highest BCUT2D eigenvalue weighted by Crippen LogP contribution is 2.17. The van der Waals surface area contributed by atoms with Crippen molar-refractivity contribution in [1.82, 2.24) is 14.9 Å². The Balaban J connectivity index is 1.51. The molecule has 3 rings (SSSR count). The molecule has 0 radical (unpaired) electrons. The van der Waals surface area contributed by atoms with Crippen LogP contribution < -0.4 is 4.90 Å². The lowest BCUT2D eigenvalue weighted by molar-refractivity contribution is 0.164. The first-order valence-electron chi connectivity index (χ1n) is 7.15. The van der Waals surface area contributed by atoms with Crippen LogP contribution in [0.3, 0.4) is 0 Å². The van der Waals surface area contributed by atoms with Crippen LogP contribution in [0.25, 0.3) is 0 Å². The summed E-state index contributed by atoms with van der Waals surface area (Å²) in [5, 5.41) is 0. The molecule has 1 aromatic heterocycles. The topological polar surface area (TPSA) is 41.5 Å². The molecule has 0 N–H and O–H groups in total. The summed E-state index contributed by atoms with van der Waals surface area (Å²) in [6.45, 7) is 9.47. The number of aromatic nitrogens is 2. The number of rotatable bonds is 3. The van der Waals surface area contributed by atoms with E-state index in [4.69, 9.17) is 4.74 Å². The fourth-order valence-electron chi connectivity index (χ4n) is 2.87. The van der Waals surface area contributed by atoms with Gasteiger partial charge in [-0.25, -0.2) is 9.97 Å². The van der Waals surface area contributed by atoms with E-state index in [1.54, 1.807) is 6.33 Å². The van der Waals surface area contributed by atoms with Crippen molar-refractivity contribution in [1.29, 1.82) is 0 Å². The summed E-state index contributed by atoms with van der Waals surface area (Å²) in [5.41, 5.74) is 1.04. The van der Waals surface area contributed by atoms with Gasteiger partial charge < -0.3 is 9.64 Å². The first-order valence-corrected chi connectivity index (χ1v) is 7.15. The summed E-state index contributed by atoms with van der Waals surface area (Å²) in [5.74, 6) is 1.81. The van der Waals surface area contributed by atoms with Crippen LogP contribution in [0.5, 0.6) is 0 Å². The Kier molecular flexibility index (Phi) is 3.94. The van der Waals surface area contributed by atoms with E-state index < -0.39 is 0 Å². The van der Waals surface area contributed by atoms with Gasteiger partial charge in [-0.1, -0.05) is 0 Å². The molecule has 19 heavy (non-hydrogen) atoms. The Morgan fingerprint density at radius 3 is 2.79 bits per heavy atom. The Morgan fingerprint density at radius 2 is 2.11 bits per heavy atom. The van der Waals surface area contributed by atoms with Gasteiger partial charge in [-0.2, -0.15) is 0 Å². The molecule has 104 valence electrons. The summed E-state index contributed by atoms with van der Waals surface area (Å²) >= 11 is 0. The Hall–Kier alpha value is -1.20. The minimum atomic E-state index is 0.743. The van der Waals surface area contributed by atoms with Crippen LogP contribution in [0.2, 0.25) is 0 Å². The van der Waals surface area contributed by atoms with Crippen LogP contribution in [-0.4, -0.2) is 60.8 Å². The molecule has 3 heterocycles. The van der Waals surface area contributed by atoms with Gasteiger partial charge in [0.1, 0.15) is 12.1 Å². The number of ether oxygens (including phenoxy) is 1. The maximum absolute atomic E-state index is 5.45. The van der Waals surface area contributed by atoms with Crippen molar-refractivity contribution in [2.75, 3.05) is 50.8 Å². The van der Waals surface area contributed by atoms with Crippen molar-refractivity contribution in [3.63, 3.8) is 0 Å². The monoisotopic (exact) mass is 262 g/mol. The second-order valence-corrected chi connectivity index (χ2v) is 5.53. The fourth-order valence-corrected chi connectivity index (χ4v) is 2.87. The van der Waals surface area contributed by atoms with Crippen LogP contribution in [0.15, 0.2) is 12.4 Å². The molecule has 5 heteroatoms. The highest BCUT2D eigenvalue weighted by atomic mass is 16.5. The van der Waals surface area contributed by atoms with E-state index in [1.807, 2.05) is 6.92 Å². The van der Waals surface area contributed by atoms with E-state index in [0.717, 1.165) is 56.8 Å². The van der Waals surface area contributed by atoms with Gasteiger partial charge in [0.2, 0.25) is 0 Å². The van der Waals surface area contributed by atoms with Crippen molar-refractivity contribution >= 4 is 5.82 Å². The van der Waals surface area contributed by atoms with Gasteiger partial charge in [-0.05, 0) is 19.3 Å². The molecular formula is C14H22N4O. The third kappa shape index (κ3) is 3.22. The highest BCUT2D eigenvalue weighted by molar-refractivity contribution is 5.39. The predicted octanol–water partition coefficient (Wildman–Crippen LogP) is 0.944. The standard InChI is InChI=1S/C14H22N4O/c1-12-8-14(16-11-15-12)18-5-3-17(4-6-18)9-13-2-7-19-10-13/h8,11,13H,2-7,9-10H2,1H3. The molecule has 0 bridgehead atoms. The third-order valence-corrected chi connectivity index (χ3v) is 4.03. The normalized spacial score (nSPS) is 24.9. The van der Waals surface area contributed by atoms with E-state index in [2.05, 4.69) is 25.8 Å². The van der Waals surface area contributed by atoms with Gasteiger partial charge in [0, 0.05) is 51.1 Å². The molecule has 0 aromatic carbocycles. The summed E-state index contributed by atoms with van der Waals surface area (Å²) < 4.78 is 5.45. The molecule has 2 fully saturated rings. The lowest BCUT2D eigenvalue weighted by Crippen LogP contribution is -2.48. The Labute approximate surface area is 114 Å². The van der Waals surface area contributed by atoms with Crippen molar-refractivity contribution in [3.05, 3.63) is 18.1 Å². The smallest absolute Gasteiger partial charge is 0.132 e. The zero-order valence-corrected chi connectivity index (χ0v) is 11.6. The van der Waals surface area contributed by atoms with Crippen molar-refractivity contribution in [2.45, 2.75) is 13.3 Å². The second-order valence-electron chi connectivity index (χ2n) is 5.53. The van der Waals surface area contributed by atoms with Crippen LogP contribution in [0.4, 0.5) is 5.82 Å². The lowest BCUT2D eigenvalue weighted by atomic mass is 10.1. The Morgan fingerprint density at radius 1 is 1.26 bits per heavy atom. The molecule has 0 aliphatic carbocycles. The van der Waals surface area contributed by atoms with E-state index in [0.29, 0.717) is 0 Å². The Bertz CT molecular complexity index is 412. The number of hydrogen-bond acceptors (Lipinski definition) is 5. The largest absolute Gasteiger partial charge is 0.381 e. The second kappa shape index (κ2) is 5.84. The summed E-state index contributed by atoms with van der Waals surface area (Å²) in [6, 6.07) is 2.07. The predicted molar refractivity (Wildman–Crippen MR) is 74.3 cm³/mol. The third-order valence-electron chi connectivity index (χ3n) is 4.03. The first-order chi connectivity index (χ1) is 9.31. The summed E-state index contributed by atoms with van der Waals surface area (Å²) in [6.07, 6.45) is 2.89. The van der Waals surface area contributed by atoms with Crippen LogP contribution >= 0.6 is 0 Å². The fraction of sp³-hybridized carbons (Fsp3) is 0.714. The van der Waals surface area contributed by atoms with Crippen LogP contribution in [0, 0.1) is 12.8 Å².